The number of carbonyl (C=O) groups excluding carboxylic acids is 4. The van der Waals surface area contributed by atoms with Crippen molar-refractivity contribution in [3.8, 4) is 0 Å². The number of rotatable bonds is 11. The fourth-order valence-corrected chi connectivity index (χ4v) is 3.49. The number of amides is 4. The Morgan fingerprint density at radius 2 is 1.74 bits per heavy atom. The summed E-state index contributed by atoms with van der Waals surface area (Å²) in [7, 11) is 0. The highest BCUT2D eigenvalue weighted by Gasteiger charge is 2.39. The zero-order chi connectivity index (χ0) is 23.7. The number of carbonyl (C=O) groups is 5. The number of aliphatic carboxylic acids is 1. The molecule has 1 fully saturated rings. The van der Waals surface area contributed by atoms with E-state index in [0.29, 0.717) is 25.8 Å². The molecular weight excluding hydrogens is 406 g/mol. The summed E-state index contributed by atoms with van der Waals surface area (Å²) >= 11 is 0. The van der Waals surface area contributed by atoms with Crippen LogP contribution in [0.1, 0.15) is 47.0 Å². The molecule has 4 amide bonds. The first-order valence-corrected chi connectivity index (χ1v) is 10.6. The fourth-order valence-electron chi connectivity index (χ4n) is 3.49. The first-order chi connectivity index (χ1) is 14.5. The van der Waals surface area contributed by atoms with E-state index in [4.69, 9.17) is 10.8 Å². The number of nitrogens with zero attached hydrogens (tertiary/aromatic N) is 1. The van der Waals surface area contributed by atoms with Gasteiger partial charge in [0.1, 0.15) is 24.7 Å². The maximum atomic E-state index is 13.2. The van der Waals surface area contributed by atoms with E-state index < -0.39 is 54.3 Å². The largest absolute Gasteiger partial charge is 0.480 e. The van der Waals surface area contributed by atoms with E-state index >= 15 is 0 Å². The van der Waals surface area contributed by atoms with E-state index in [1.807, 2.05) is 13.8 Å². The van der Waals surface area contributed by atoms with Crippen LogP contribution in [0.15, 0.2) is 0 Å². The monoisotopic (exact) mass is 441 g/mol. The summed E-state index contributed by atoms with van der Waals surface area (Å²) in [4.78, 5) is 62.2. The third kappa shape index (κ3) is 8.16. The molecule has 0 bridgehead atoms. The Kier molecular flexibility index (Phi) is 10.4. The molecule has 1 aliphatic heterocycles. The fraction of sp³-hybridized carbons (Fsp3) is 0.750. The van der Waals surface area contributed by atoms with Gasteiger partial charge in [-0.25, -0.2) is 0 Å². The van der Waals surface area contributed by atoms with Gasteiger partial charge in [0, 0.05) is 6.54 Å². The predicted octanol–water partition coefficient (Wildman–Crippen LogP) is -1.19. The normalized spacial score (nSPS) is 17.9. The quantitative estimate of drug-likeness (QED) is 0.268. The van der Waals surface area contributed by atoms with Crippen LogP contribution in [0.5, 0.6) is 0 Å². The molecule has 0 saturated carbocycles. The lowest BCUT2D eigenvalue weighted by Gasteiger charge is -2.31. The number of carboxylic acids is 1. The van der Waals surface area contributed by atoms with Gasteiger partial charge in [-0.2, -0.15) is 0 Å². The predicted molar refractivity (Wildman–Crippen MR) is 113 cm³/mol. The smallest absolute Gasteiger partial charge is 0.322 e. The molecule has 0 aromatic carbocycles. The lowest BCUT2D eigenvalue weighted by molar-refractivity contribution is -0.143. The second kappa shape index (κ2) is 12.2. The maximum Gasteiger partial charge on any atom is 0.322 e. The van der Waals surface area contributed by atoms with Crippen molar-refractivity contribution >= 4 is 29.6 Å². The minimum Gasteiger partial charge on any atom is -0.480 e. The molecule has 1 heterocycles. The Bertz CT molecular complexity index is 681. The topological polar surface area (TPSA) is 171 Å². The molecule has 0 aromatic heterocycles. The van der Waals surface area contributed by atoms with Crippen LogP contribution in [0.25, 0.3) is 0 Å². The first kappa shape index (κ1) is 26.3. The molecule has 3 atom stereocenters. The van der Waals surface area contributed by atoms with E-state index in [9.17, 15) is 24.0 Å². The third-order valence-electron chi connectivity index (χ3n) is 5.03. The number of nitrogens with two attached hydrogens (primary N) is 1. The molecule has 11 nitrogen and oxygen atoms in total. The van der Waals surface area contributed by atoms with Crippen molar-refractivity contribution in [2.45, 2.75) is 65.1 Å². The highest BCUT2D eigenvalue weighted by atomic mass is 16.4. The molecule has 0 unspecified atom stereocenters. The minimum absolute atomic E-state index is 0.114. The molecule has 1 saturated heterocycles. The van der Waals surface area contributed by atoms with Crippen LogP contribution >= 0.6 is 0 Å². The van der Waals surface area contributed by atoms with E-state index in [-0.39, 0.29) is 18.4 Å². The van der Waals surface area contributed by atoms with Gasteiger partial charge in [0.25, 0.3) is 0 Å². The number of likely N-dealkylation sites (tertiary alicyclic amines) is 1. The Morgan fingerprint density at radius 1 is 1.10 bits per heavy atom. The highest BCUT2D eigenvalue weighted by Crippen LogP contribution is 2.20. The number of carboxylic acid groups (broad SMARTS) is 1. The summed E-state index contributed by atoms with van der Waals surface area (Å²) in [6.45, 7) is 6.91. The summed E-state index contributed by atoms with van der Waals surface area (Å²) < 4.78 is 0. The molecule has 11 heteroatoms. The number of hydrogen-bond acceptors (Lipinski definition) is 6. The number of nitrogens with one attached hydrogen (secondary N) is 3. The summed E-state index contributed by atoms with van der Waals surface area (Å²) in [5.74, 6) is -3.24. The van der Waals surface area contributed by atoms with E-state index in [1.54, 1.807) is 13.8 Å². The molecule has 176 valence electrons. The zero-order valence-corrected chi connectivity index (χ0v) is 18.6. The van der Waals surface area contributed by atoms with Crippen molar-refractivity contribution in [3.05, 3.63) is 0 Å². The lowest BCUT2D eigenvalue weighted by atomic mass is 9.99. The van der Waals surface area contributed by atoms with Crippen LogP contribution in [-0.2, 0) is 24.0 Å². The van der Waals surface area contributed by atoms with Crippen molar-refractivity contribution in [2.75, 3.05) is 19.6 Å². The second-order valence-corrected chi connectivity index (χ2v) is 8.49. The molecule has 0 aromatic rings. The zero-order valence-electron chi connectivity index (χ0n) is 18.6. The van der Waals surface area contributed by atoms with Gasteiger partial charge < -0.3 is 31.7 Å². The van der Waals surface area contributed by atoms with Crippen molar-refractivity contribution in [1.29, 1.82) is 0 Å². The van der Waals surface area contributed by atoms with E-state index in [0.717, 1.165) is 0 Å². The highest BCUT2D eigenvalue weighted by molar-refractivity contribution is 5.95. The average Bonchev–Trinajstić information content (AvgIpc) is 3.18. The van der Waals surface area contributed by atoms with Crippen molar-refractivity contribution in [1.82, 2.24) is 20.9 Å². The third-order valence-corrected chi connectivity index (χ3v) is 5.03. The van der Waals surface area contributed by atoms with Crippen LogP contribution in [0.4, 0.5) is 0 Å². The van der Waals surface area contributed by atoms with E-state index in [2.05, 4.69) is 16.0 Å². The van der Waals surface area contributed by atoms with Gasteiger partial charge in [-0.05, 0) is 31.1 Å². The average molecular weight is 442 g/mol. The van der Waals surface area contributed by atoms with Gasteiger partial charge >= 0.3 is 5.97 Å². The standard InChI is InChI=1S/C20H35N5O6/c1-11(2)8-13(23-15(26)9-21)18(29)24-17(12(3)4)20(31)25-7-5-6-14(25)19(30)22-10-16(27)28/h11-14,17H,5-10,21H2,1-4H3,(H,22,30)(H,23,26)(H,24,29)(H,27,28)/t13-,14-,17-/m0/s1. The minimum atomic E-state index is -1.17. The van der Waals surface area contributed by atoms with Crippen LogP contribution in [0, 0.1) is 11.8 Å². The Hall–Kier alpha value is -2.69. The van der Waals surface area contributed by atoms with Gasteiger partial charge in [-0.1, -0.05) is 27.7 Å². The summed E-state index contributed by atoms with van der Waals surface area (Å²) in [6, 6.07) is -2.52. The Labute approximate surface area is 182 Å². The lowest BCUT2D eigenvalue weighted by Crippen LogP contribution is -2.58. The summed E-state index contributed by atoms with van der Waals surface area (Å²) in [5.41, 5.74) is 5.34. The maximum absolute atomic E-state index is 13.2. The second-order valence-electron chi connectivity index (χ2n) is 8.49. The van der Waals surface area contributed by atoms with Crippen molar-refractivity contribution in [3.63, 3.8) is 0 Å². The SMILES string of the molecule is CC(C)C[C@H](NC(=O)CN)C(=O)N[C@H](C(=O)N1CCC[C@H]1C(=O)NCC(=O)O)C(C)C. The van der Waals surface area contributed by atoms with Crippen LogP contribution in [-0.4, -0.2) is 77.4 Å². The Morgan fingerprint density at radius 3 is 2.26 bits per heavy atom. The molecule has 0 radical (unpaired) electrons. The van der Waals surface area contributed by atoms with Crippen LogP contribution < -0.4 is 21.7 Å². The van der Waals surface area contributed by atoms with Gasteiger partial charge in [-0.15, -0.1) is 0 Å². The van der Waals surface area contributed by atoms with Gasteiger partial charge in [-0.3, -0.25) is 24.0 Å². The van der Waals surface area contributed by atoms with Gasteiger partial charge in [0.2, 0.25) is 23.6 Å². The number of hydrogen-bond donors (Lipinski definition) is 5. The molecule has 0 spiro atoms. The van der Waals surface area contributed by atoms with Crippen LogP contribution in [0.2, 0.25) is 0 Å². The summed E-state index contributed by atoms with van der Waals surface area (Å²) in [5, 5.41) is 16.4. The molecule has 31 heavy (non-hydrogen) atoms. The van der Waals surface area contributed by atoms with Crippen LogP contribution in [0.3, 0.4) is 0 Å². The molecule has 1 aliphatic rings. The summed E-state index contributed by atoms with van der Waals surface area (Å²) in [6.07, 6.45) is 1.39. The molecule has 1 rings (SSSR count). The van der Waals surface area contributed by atoms with E-state index in [1.165, 1.54) is 4.90 Å². The van der Waals surface area contributed by atoms with Gasteiger partial charge in [0.15, 0.2) is 0 Å². The molecule has 0 aliphatic carbocycles. The van der Waals surface area contributed by atoms with Gasteiger partial charge in [0.05, 0.1) is 6.54 Å². The van der Waals surface area contributed by atoms with Crippen molar-refractivity contribution < 1.29 is 29.1 Å². The molecular formula is C20H35N5O6. The molecule has 6 N–H and O–H groups in total. The first-order valence-electron chi connectivity index (χ1n) is 10.6. The van der Waals surface area contributed by atoms with Crippen molar-refractivity contribution in [2.24, 2.45) is 17.6 Å². The Balaban J connectivity index is 2.94.